The Hall–Kier alpha value is -1.26. The molecule has 5 heteroatoms. The second kappa shape index (κ2) is 4.94. The van der Waals surface area contributed by atoms with E-state index in [9.17, 15) is 9.90 Å². The number of hydrogen-bond acceptors (Lipinski definition) is 3. The predicted molar refractivity (Wildman–Crippen MR) is 66.6 cm³/mol. The number of para-hydroxylation sites is 1. The van der Waals surface area contributed by atoms with Crippen LogP contribution in [-0.2, 0) is 4.79 Å². The first-order valence-corrected chi connectivity index (χ1v) is 6.03. The third-order valence-electron chi connectivity index (χ3n) is 3.04. The van der Waals surface area contributed by atoms with Gasteiger partial charge in [0.25, 0.3) is 5.91 Å². The van der Waals surface area contributed by atoms with Crippen LogP contribution in [0.2, 0.25) is 5.02 Å². The Morgan fingerprint density at radius 3 is 2.59 bits per heavy atom. The molecule has 1 amide bonds. The molecular formula is C12H15ClN2O2. The molecule has 1 fully saturated rings. The van der Waals surface area contributed by atoms with E-state index in [1.807, 2.05) is 6.07 Å². The van der Waals surface area contributed by atoms with Crippen LogP contribution in [-0.4, -0.2) is 16.6 Å². The van der Waals surface area contributed by atoms with Crippen molar-refractivity contribution in [2.45, 2.75) is 31.3 Å². The highest BCUT2D eigenvalue weighted by Gasteiger charge is 2.38. The van der Waals surface area contributed by atoms with Crippen molar-refractivity contribution < 1.29 is 9.90 Å². The van der Waals surface area contributed by atoms with Crippen LogP contribution in [0.4, 0.5) is 5.69 Å². The van der Waals surface area contributed by atoms with Crippen molar-refractivity contribution in [3.63, 3.8) is 0 Å². The number of aliphatic hydroxyl groups is 1. The number of rotatable bonds is 3. The van der Waals surface area contributed by atoms with Gasteiger partial charge in [-0.2, -0.15) is 0 Å². The molecule has 0 aromatic heterocycles. The topological polar surface area (TPSA) is 61.4 Å². The summed E-state index contributed by atoms with van der Waals surface area (Å²) in [5.74, 6) is -0.394. The van der Waals surface area contributed by atoms with Gasteiger partial charge in [0, 0.05) is 0 Å². The molecule has 3 N–H and O–H groups in total. The second-order valence-corrected chi connectivity index (χ2v) is 4.70. The number of carbonyl (C=O) groups is 1. The Labute approximate surface area is 105 Å². The first-order valence-electron chi connectivity index (χ1n) is 5.65. The van der Waals surface area contributed by atoms with Gasteiger partial charge >= 0.3 is 0 Å². The Balaban J connectivity index is 1.94. The third kappa shape index (κ3) is 2.70. The smallest absolute Gasteiger partial charge is 0.270 e. The number of amides is 1. The molecule has 0 saturated heterocycles. The van der Waals surface area contributed by atoms with Crippen molar-refractivity contribution in [1.29, 1.82) is 0 Å². The van der Waals surface area contributed by atoms with E-state index in [1.165, 1.54) is 0 Å². The summed E-state index contributed by atoms with van der Waals surface area (Å²) < 4.78 is 0. The maximum absolute atomic E-state index is 11.8. The van der Waals surface area contributed by atoms with Crippen LogP contribution in [0.15, 0.2) is 24.3 Å². The van der Waals surface area contributed by atoms with Gasteiger partial charge in [0.15, 0.2) is 0 Å². The van der Waals surface area contributed by atoms with Gasteiger partial charge < -0.3 is 5.11 Å². The van der Waals surface area contributed by atoms with Crippen LogP contribution in [0, 0.1) is 0 Å². The standard InChI is InChI=1S/C12H15ClN2O2/c13-9-5-1-2-6-10(9)14-15-11(16)12(17)7-3-4-8-12/h1-2,5-6,14,17H,3-4,7-8H2,(H,15,16). The van der Waals surface area contributed by atoms with E-state index < -0.39 is 11.5 Å². The van der Waals surface area contributed by atoms with Crippen molar-refractivity contribution in [2.75, 3.05) is 5.43 Å². The van der Waals surface area contributed by atoms with Crippen LogP contribution in [0.1, 0.15) is 25.7 Å². The van der Waals surface area contributed by atoms with Crippen molar-refractivity contribution in [1.82, 2.24) is 5.43 Å². The van der Waals surface area contributed by atoms with Gasteiger partial charge in [-0.25, -0.2) is 0 Å². The number of carbonyl (C=O) groups excluding carboxylic acids is 1. The Kier molecular flexibility index (Phi) is 3.54. The zero-order valence-electron chi connectivity index (χ0n) is 9.37. The number of anilines is 1. The molecule has 4 nitrogen and oxygen atoms in total. The summed E-state index contributed by atoms with van der Waals surface area (Å²) in [5.41, 5.74) is 4.61. The predicted octanol–water partition coefficient (Wildman–Crippen LogP) is 2.09. The van der Waals surface area contributed by atoms with Gasteiger partial charge in [0.1, 0.15) is 5.60 Å². The lowest BCUT2D eigenvalue weighted by Gasteiger charge is -2.21. The fourth-order valence-electron chi connectivity index (χ4n) is 1.99. The van der Waals surface area contributed by atoms with Gasteiger partial charge in [-0.15, -0.1) is 0 Å². The van der Waals surface area contributed by atoms with E-state index in [-0.39, 0.29) is 0 Å². The van der Waals surface area contributed by atoms with Crippen LogP contribution in [0.5, 0.6) is 0 Å². The van der Waals surface area contributed by atoms with E-state index in [4.69, 9.17) is 11.6 Å². The maximum Gasteiger partial charge on any atom is 0.270 e. The number of hydrazine groups is 1. The van der Waals surface area contributed by atoms with E-state index in [0.29, 0.717) is 23.6 Å². The molecule has 0 unspecified atom stereocenters. The minimum Gasteiger partial charge on any atom is -0.380 e. The molecule has 92 valence electrons. The zero-order valence-corrected chi connectivity index (χ0v) is 10.1. The first-order chi connectivity index (χ1) is 8.12. The van der Waals surface area contributed by atoms with E-state index in [1.54, 1.807) is 18.2 Å². The molecular weight excluding hydrogens is 240 g/mol. The average molecular weight is 255 g/mol. The van der Waals surface area contributed by atoms with Crippen molar-refractivity contribution in [3.05, 3.63) is 29.3 Å². The largest absolute Gasteiger partial charge is 0.380 e. The molecule has 0 spiro atoms. The zero-order chi connectivity index (χ0) is 12.3. The molecule has 0 heterocycles. The highest BCUT2D eigenvalue weighted by molar-refractivity contribution is 6.33. The summed E-state index contributed by atoms with van der Waals surface area (Å²) in [6.45, 7) is 0. The lowest BCUT2D eigenvalue weighted by Crippen LogP contribution is -2.46. The minimum atomic E-state index is -1.23. The normalized spacial score (nSPS) is 17.8. The lowest BCUT2D eigenvalue weighted by atomic mass is 10.0. The molecule has 0 aliphatic heterocycles. The highest BCUT2D eigenvalue weighted by atomic mass is 35.5. The molecule has 0 bridgehead atoms. The molecule has 0 radical (unpaired) electrons. The van der Waals surface area contributed by atoms with Crippen LogP contribution < -0.4 is 10.9 Å². The summed E-state index contributed by atoms with van der Waals surface area (Å²) in [6, 6.07) is 7.09. The van der Waals surface area contributed by atoms with E-state index >= 15 is 0 Å². The second-order valence-electron chi connectivity index (χ2n) is 4.30. The number of benzene rings is 1. The van der Waals surface area contributed by atoms with Crippen LogP contribution >= 0.6 is 11.6 Å². The number of halogens is 1. The SMILES string of the molecule is O=C(NNc1ccccc1Cl)C1(O)CCCC1. The summed E-state index contributed by atoms with van der Waals surface area (Å²) in [5, 5.41) is 10.5. The summed E-state index contributed by atoms with van der Waals surface area (Å²) in [6.07, 6.45) is 2.80. The molecule has 1 aromatic carbocycles. The van der Waals surface area contributed by atoms with Gasteiger partial charge in [0.2, 0.25) is 0 Å². The fourth-order valence-corrected chi connectivity index (χ4v) is 2.17. The molecule has 1 aliphatic carbocycles. The highest BCUT2D eigenvalue weighted by Crippen LogP contribution is 2.29. The third-order valence-corrected chi connectivity index (χ3v) is 3.37. The van der Waals surface area contributed by atoms with E-state index in [0.717, 1.165) is 12.8 Å². The Morgan fingerprint density at radius 2 is 1.94 bits per heavy atom. The van der Waals surface area contributed by atoms with Crippen LogP contribution in [0.25, 0.3) is 0 Å². The summed E-state index contributed by atoms with van der Waals surface area (Å²) >= 11 is 5.93. The molecule has 1 aliphatic rings. The average Bonchev–Trinajstić information content (AvgIpc) is 2.76. The van der Waals surface area contributed by atoms with Crippen LogP contribution in [0.3, 0.4) is 0 Å². The van der Waals surface area contributed by atoms with Crippen molar-refractivity contribution in [2.24, 2.45) is 0 Å². The summed E-state index contributed by atoms with van der Waals surface area (Å²) in [7, 11) is 0. The molecule has 0 atom stereocenters. The van der Waals surface area contributed by atoms with E-state index in [2.05, 4.69) is 10.9 Å². The minimum absolute atomic E-state index is 0.394. The maximum atomic E-state index is 11.8. The molecule has 2 rings (SSSR count). The summed E-state index contributed by atoms with van der Waals surface area (Å²) in [4.78, 5) is 11.8. The number of nitrogens with one attached hydrogen (secondary N) is 2. The quantitative estimate of drug-likeness (QED) is 0.724. The van der Waals surface area contributed by atoms with Gasteiger partial charge in [-0.1, -0.05) is 23.7 Å². The van der Waals surface area contributed by atoms with Gasteiger partial charge in [0.05, 0.1) is 10.7 Å². The molecule has 1 aromatic rings. The molecule has 1 saturated carbocycles. The monoisotopic (exact) mass is 254 g/mol. The van der Waals surface area contributed by atoms with Crippen molar-refractivity contribution in [3.8, 4) is 0 Å². The van der Waals surface area contributed by atoms with Gasteiger partial charge in [-0.3, -0.25) is 15.6 Å². The Bertz CT molecular complexity index is 417. The van der Waals surface area contributed by atoms with Crippen molar-refractivity contribution >= 4 is 23.2 Å². The first kappa shape index (κ1) is 12.2. The number of hydrogen-bond donors (Lipinski definition) is 3. The fraction of sp³-hybridized carbons (Fsp3) is 0.417. The Morgan fingerprint density at radius 1 is 1.29 bits per heavy atom. The molecule has 17 heavy (non-hydrogen) atoms. The lowest BCUT2D eigenvalue weighted by molar-refractivity contribution is -0.138. The van der Waals surface area contributed by atoms with Gasteiger partial charge in [-0.05, 0) is 37.8 Å².